The van der Waals surface area contributed by atoms with Gasteiger partial charge in [0.1, 0.15) is 0 Å². The summed E-state index contributed by atoms with van der Waals surface area (Å²) in [4.78, 5) is 0. The zero-order valence-electron chi connectivity index (χ0n) is 13.3. The van der Waals surface area contributed by atoms with E-state index in [0.717, 1.165) is 17.0 Å². The summed E-state index contributed by atoms with van der Waals surface area (Å²) >= 11 is 6.07. The molecular weight excluding hydrogens is 264 g/mol. The molecule has 20 heavy (non-hydrogen) atoms. The van der Waals surface area contributed by atoms with Crippen LogP contribution < -0.4 is 0 Å². The van der Waals surface area contributed by atoms with E-state index in [1.807, 2.05) is 12.1 Å². The van der Waals surface area contributed by atoms with E-state index in [1.165, 1.54) is 22.3 Å². The Kier molecular flexibility index (Phi) is 6.29. The third-order valence-corrected chi connectivity index (χ3v) is 4.34. The second-order valence-corrected chi connectivity index (χ2v) is 6.05. The molecule has 0 fully saturated rings. The number of allylic oxidation sites excluding steroid dienone is 5. The highest BCUT2D eigenvalue weighted by Gasteiger charge is 2.07. The molecule has 0 aromatic heterocycles. The predicted molar refractivity (Wildman–Crippen MR) is 91.4 cm³/mol. The molecule has 0 aliphatic heterocycles. The molecule has 0 radical (unpaired) electrons. The maximum atomic E-state index is 6.07. The van der Waals surface area contributed by atoms with Crippen molar-refractivity contribution < 1.29 is 0 Å². The first-order valence-corrected chi connectivity index (χ1v) is 7.46. The summed E-state index contributed by atoms with van der Waals surface area (Å²) in [5.74, 6) is 0.517. The number of benzene rings is 1. The first kappa shape index (κ1) is 16.8. The lowest BCUT2D eigenvalue weighted by Crippen LogP contribution is -2.02. The topological polar surface area (TPSA) is 0 Å². The lowest BCUT2D eigenvalue weighted by atomic mass is 9.92. The molecule has 0 aliphatic rings. The van der Waals surface area contributed by atoms with Gasteiger partial charge in [-0.3, -0.25) is 0 Å². The molecule has 0 bridgehead atoms. The predicted octanol–water partition coefficient (Wildman–Crippen LogP) is 6.30. The SMILES string of the molecule is C=C/C(C)=C(C)/C=C(\C)C(C)Cc1ccc(Cl)c(C)c1. The molecule has 0 aliphatic carbocycles. The van der Waals surface area contributed by atoms with Crippen LogP contribution in [0.15, 0.2) is 53.6 Å². The van der Waals surface area contributed by atoms with Crippen molar-refractivity contribution in [2.24, 2.45) is 5.92 Å². The summed E-state index contributed by atoms with van der Waals surface area (Å²) in [5, 5.41) is 0.842. The van der Waals surface area contributed by atoms with Crippen LogP contribution in [-0.2, 0) is 6.42 Å². The van der Waals surface area contributed by atoms with Crippen molar-refractivity contribution >= 4 is 11.6 Å². The minimum atomic E-state index is 0.517. The summed E-state index contributed by atoms with van der Waals surface area (Å²) in [7, 11) is 0. The van der Waals surface area contributed by atoms with Gasteiger partial charge < -0.3 is 0 Å². The van der Waals surface area contributed by atoms with Crippen LogP contribution in [0.3, 0.4) is 0 Å². The van der Waals surface area contributed by atoms with Crippen molar-refractivity contribution in [2.75, 3.05) is 0 Å². The maximum Gasteiger partial charge on any atom is 0.0435 e. The van der Waals surface area contributed by atoms with Crippen LogP contribution in [-0.4, -0.2) is 0 Å². The van der Waals surface area contributed by atoms with E-state index in [0.29, 0.717) is 5.92 Å². The molecule has 0 nitrogen and oxygen atoms in total. The van der Waals surface area contributed by atoms with Gasteiger partial charge in [-0.1, -0.05) is 55.0 Å². The second kappa shape index (κ2) is 7.50. The summed E-state index contributed by atoms with van der Waals surface area (Å²) in [5.41, 5.74) is 6.41. The molecule has 108 valence electrons. The number of aryl methyl sites for hydroxylation is 1. The third-order valence-electron chi connectivity index (χ3n) is 3.91. The lowest BCUT2D eigenvalue weighted by Gasteiger charge is -2.14. The summed E-state index contributed by atoms with van der Waals surface area (Å²) < 4.78 is 0. The van der Waals surface area contributed by atoms with Crippen molar-refractivity contribution in [3.05, 3.63) is 69.8 Å². The van der Waals surface area contributed by atoms with Crippen LogP contribution in [0.5, 0.6) is 0 Å². The fourth-order valence-electron chi connectivity index (χ4n) is 2.11. The van der Waals surface area contributed by atoms with E-state index >= 15 is 0 Å². The molecule has 0 spiro atoms. The summed E-state index contributed by atoms with van der Waals surface area (Å²) in [6.07, 6.45) is 5.22. The Hall–Kier alpha value is -1.27. The van der Waals surface area contributed by atoms with Crippen molar-refractivity contribution in [1.82, 2.24) is 0 Å². The molecule has 1 atom stereocenters. The van der Waals surface area contributed by atoms with E-state index in [9.17, 15) is 0 Å². The Morgan fingerprint density at radius 2 is 1.90 bits per heavy atom. The Labute approximate surface area is 128 Å². The van der Waals surface area contributed by atoms with E-state index in [4.69, 9.17) is 11.6 Å². The lowest BCUT2D eigenvalue weighted by molar-refractivity contribution is 0.676. The molecule has 0 saturated heterocycles. The molecular formula is C19H25Cl. The van der Waals surface area contributed by atoms with Crippen molar-refractivity contribution in [1.29, 1.82) is 0 Å². The van der Waals surface area contributed by atoms with Gasteiger partial charge in [0.15, 0.2) is 0 Å². The Balaban J connectivity index is 2.85. The van der Waals surface area contributed by atoms with Gasteiger partial charge in [0.05, 0.1) is 0 Å². The molecule has 1 rings (SSSR count). The van der Waals surface area contributed by atoms with Crippen molar-refractivity contribution in [3.8, 4) is 0 Å². The number of hydrogen-bond donors (Lipinski definition) is 0. The molecule has 0 N–H and O–H groups in total. The molecule has 1 unspecified atom stereocenters. The Morgan fingerprint density at radius 3 is 2.45 bits per heavy atom. The number of rotatable bonds is 5. The molecule has 1 heteroatoms. The average Bonchev–Trinajstić information content (AvgIpc) is 2.41. The number of halogens is 1. The fraction of sp³-hybridized carbons (Fsp3) is 0.368. The van der Waals surface area contributed by atoms with Crippen LogP contribution in [0.1, 0.15) is 38.8 Å². The van der Waals surface area contributed by atoms with Crippen LogP contribution in [0, 0.1) is 12.8 Å². The minimum Gasteiger partial charge on any atom is -0.0988 e. The quantitative estimate of drug-likeness (QED) is 0.558. The normalized spacial score (nSPS) is 14.8. The van der Waals surface area contributed by atoms with Gasteiger partial charge in [0.25, 0.3) is 0 Å². The van der Waals surface area contributed by atoms with Gasteiger partial charge in [0, 0.05) is 5.02 Å². The largest absolute Gasteiger partial charge is 0.0988 e. The van der Waals surface area contributed by atoms with Crippen LogP contribution in [0.2, 0.25) is 5.02 Å². The maximum absolute atomic E-state index is 6.07. The van der Waals surface area contributed by atoms with Gasteiger partial charge in [-0.15, -0.1) is 0 Å². The third kappa shape index (κ3) is 4.68. The van der Waals surface area contributed by atoms with E-state index < -0.39 is 0 Å². The zero-order valence-corrected chi connectivity index (χ0v) is 14.0. The smallest absolute Gasteiger partial charge is 0.0435 e. The monoisotopic (exact) mass is 288 g/mol. The van der Waals surface area contributed by atoms with E-state index in [-0.39, 0.29) is 0 Å². The van der Waals surface area contributed by atoms with Gasteiger partial charge in [-0.05, 0) is 68.4 Å². The molecule has 1 aromatic rings. The standard InChI is InChI=1S/C19H25Cl/c1-7-13(2)14(3)10-15(4)16(5)11-18-8-9-19(20)17(6)12-18/h7-10,12,16H,1,11H2,2-6H3/b14-13+,15-10+. The average molecular weight is 289 g/mol. The number of hydrogen-bond acceptors (Lipinski definition) is 0. The molecule has 0 heterocycles. The first-order valence-electron chi connectivity index (χ1n) is 7.08. The Morgan fingerprint density at radius 1 is 1.25 bits per heavy atom. The summed E-state index contributed by atoms with van der Waals surface area (Å²) in [6.45, 7) is 14.6. The van der Waals surface area contributed by atoms with Gasteiger partial charge in [-0.25, -0.2) is 0 Å². The van der Waals surface area contributed by atoms with Gasteiger partial charge in [0.2, 0.25) is 0 Å². The van der Waals surface area contributed by atoms with Crippen molar-refractivity contribution in [2.45, 2.75) is 41.0 Å². The second-order valence-electron chi connectivity index (χ2n) is 5.65. The Bertz CT molecular complexity index is 547. The van der Waals surface area contributed by atoms with Crippen molar-refractivity contribution in [3.63, 3.8) is 0 Å². The van der Waals surface area contributed by atoms with E-state index in [1.54, 1.807) is 0 Å². The van der Waals surface area contributed by atoms with Gasteiger partial charge in [-0.2, -0.15) is 0 Å². The first-order chi connectivity index (χ1) is 9.35. The highest BCUT2D eigenvalue weighted by molar-refractivity contribution is 6.31. The molecule has 1 aromatic carbocycles. The minimum absolute atomic E-state index is 0.517. The zero-order chi connectivity index (χ0) is 15.3. The van der Waals surface area contributed by atoms with E-state index in [2.05, 4.69) is 59.4 Å². The summed E-state index contributed by atoms with van der Waals surface area (Å²) in [6, 6.07) is 6.30. The molecule has 0 amide bonds. The highest BCUT2D eigenvalue weighted by atomic mass is 35.5. The van der Waals surface area contributed by atoms with Gasteiger partial charge >= 0.3 is 0 Å². The highest BCUT2D eigenvalue weighted by Crippen LogP contribution is 2.22. The fourth-order valence-corrected chi connectivity index (χ4v) is 2.22. The molecule has 0 saturated carbocycles. The van der Waals surface area contributed by atoms with Crippen LogP contribution >= 0.6 is 11.6 Å². The van der Waals surface area contributed by atoms with Crippen LogP contribution in [0.25, 0.3) is 0 Å². The van der Waals surface area contributed by atoms with Crippen LogP contribution in [0.4, 0.5) is 0 Å².